The number of aliphatic hydroxyl groups is 1. The van der Waals surface area contributed by atoms with Crippen LogP contribution in [0.2, 0.25) is 0 Å². The maximum atomic E-state index is 12.1. The molecule has 0 spiro atoms. The fourth-order valence-corrected chi connectivity index (χ4v) is 3.29. The number of carbonyl (C=O) groups is 1. The zero-order valence-corrected chi connectivity index (χ0v) is 19.2. The standard InChI is InChI=1S/C19H41N2O6P/c1-6-8-9-10-11-13-18(22)17(20-19(23)12-7-2)16-27-28(24,25)26-15-14-21(3,4)5/h17-18,22H,6-16H2,1-5H3,(H-,20,23,24,25)/p+1. The number of nitrogens with one attached hydrogen (secondary N) is 1. The van der Waals surface area contributed by atoms with E-state index < -0.39 is 20.0 Å². The predicted octanol–water partition coefficient (Wildman–Crippen LogP) is 2.83. The summed E-state index contributed by atoms with van der Waals surface area (Å²) in [4.78, 5) is 21.8. The number of rotatable bonds is 17. The Morgan fingerprint density at radius 2 is 1.71 bits per heavy atom. The number of amides is 1. The summed E-state index contributed by atoms with van der Waals surface area (Å²) >= 11 is 0. The molecule has 0 aromatic rings. The molecule has 0 aliphatic heterocycles. The summed E-state index contributed by atoms with van der Waals surface area (Å²) < 4.78 is 22.7. The molecular weight excluding hydrogens is 383 g/mol. The normalized spacial score (nSPS) is 16.4. The number of nitrogens with zero attached hydrogens (tertiary/aromatic N) is 1. The molecule has 168 valence electrons. The molecule has 0 saturated heterocycles. The van der Waals surface area contributed by atoms with Gasteiger partial charge in [0, 0.05) is 6.42 Å². The van der Waals surface area contributed by atoms with Crippen LogP contribution in [0.3, 0.4) is 0 Å². The van der Waals surface area contributed by atoms with Crippen molar-refractivity contribution in [2.24, 2.45) is 0 Å². The molecule has 0 rings (SSSR count). The van der Waals surface area contributed by atoms with Crippen LogP contribution in [0.5, 0.6) is 0 Å². The molecule has 0 aliphatic rings. The molecule has 3 atom stereocenters. The number of likely N-dealkylation sites (N-methyl/N-ethyl adjacent to an activating group) is 1. The summed E-state index contributed by atoms with van der Waals surface area (Å²) in [6.07, 6.45) is 5.93. The Labute approximate surface area is 170 Å². The van der Waals surface area contributed by atoms with Crippen molar-refractivity contribution in [3.8, 4) is 0 Å². The van der Waals surface area contributed by atoms with E-state index in [1.54, 1.807) is 0 Å². The highest BCUT2D eigenvalue weighted by Gasteiger charge is 2.28. The van der Waals surface area contributed by atoms with Gasteiger partial charge >= 0.3 is 7.82 Å². The molecule has 0 aliphatic carbocycles. The van der Waals surface area contributed by atoms with Crippen molar-refractivity contribution in [1.29, 1.82) is 0 Å². The zero-order valence-electron chi connectivity index (χ0n) is 18.4. The van der Waals surface area contributed by atoms with Gasteiger partial charge in [-0.1, -0.05) is 46.0 Å². The van der Waals surface area contributed by atoms with E-state index in [9.17, 15) is 19.4 Å². The number of carbonyl (C=O) groups excluding carboxylic acids is 1. The third-order valence-electron chi connectivity index (χ3n) is 4.33. The zero-order chi connectivity index (χ0) is 21.6. The van der Waals surface area contributed by atoms with Gasteiger partial charge in [-0.05, 0) is 12.8 Å². The molecule has 1 amide bonds. The van der Waals surface area contributed by atoms with Gasteiger partial charge in [-0.25, -0.2) is 4.57 Å². The van der Waals surface area contributed by atoms with E-state index in [2.05, 4.69) is 12.2 Å². The average molecular weight is 426 g/mol. The van der Waals surface area contributed by atoms with Crippen LogP contribution in [0.1, 0.15) is 65.2 Å². The van der Waals surface area contributed by atoms with E-state index in [-0.39, 0.29) is 19.1 Å². The average Bonchev–Trinajstić information content (AvgIpc) is 2.57. The molecule has 0 aromatic heterocycles. The summed E-state index contributed by atoms with van der Waals surface area (Å²) in [6, 6.07) is -0.743. The molecule has 0 aromatic carbocycles. The Bertz CT molecular complexity index is 470. The van der Waals surface area contributed by atoms with Gasteiger partial charge < -0.3 is 19.8 Å². The first-order chi connectivity index (χ1) is 13.0. The third kappa shape index (κ3) is 15.4. The lowest BCUT2D eigenvalue weighted by atomic mass is 10.0. The Morgan fingerprint density at radius 3 is 2.29 bits per heavy atom. The second-order valence-corrected chi connectivity index (χ2v) is 9.76. The second-order valence-electron chi connectivity index (χ2n) is 8.31. The lowest BCUT2D eigenvalue weighted by Gasteiger charge is -2.26. The van der Waals surface area contributed by atoms with Gasteiger partial charge in [0.1, 0.15) is 13.2 Å². The van der Waals surface area contributed by atoms with Gasteiger partial charge in [-0.3, -0.25) is 13.8 Å². The Kier molecular flexibility index (Phi) is 14.2. The highest BCUT2D eigenvalue weighted by atomic mass is 31.2. The lowest BCUT2D eigenvalue weighted by molar-refractivity contribution is -0.870. The highest BCUT2D eigenvalue weighted by molar-refractivity contribution is 7.47. The summed E-state index contributed by atoms with van der Waals surface area (Å²) in [5.74, 6) is -0.208. The number of aliphatic hydroxyl groups excluding tert-OH is 1. The van der Waals surface area contributed by atoms with E-state index >= 15 is 0 Å². The Hall–Kier alpha value is -0.500. The van der Waals surface area contributed by atoms with Crippen molar-refractivity contribution in [3.05, 3.63) is 0 Å². The van der Waals surface area contributed by atoms with Crippen molar-refractivity contribution >= 4 is 13.7 Å². The van der Waals surface area contributed by atoms with Crippen LogP contribution >= 0.6 is 7.82 Å². The Balaban J connectivity index is 4.60. The molecule has 3 unspecified atom stereocenters. The van der Waals surface area contributed by atoms with Gasteiger partial charge in [-0.2, -0.15) is 0 Å². The fraction of sp³-hybridized carbons (Fsp3) is 0.947. The van der Waals surface area contributed by atoms with Crippen LogP contribution < -0.4 is 5.32 Å². The second kappa shape index (κ2) is 14.5. The SMILES string of the molecule is CCCCCCCC(O)C(COP(=O)(O)OCC[N+](C)(C)C)NC(=O)CCC. The van der Waals surface area contributed by atoms with Gasteiger partial charge in [0.15, 0.2) is 0 Å². The summed E-state index contributed by atoms with van der Waals surface area (Å²) in [6.45, 7) is 4.37. The van der Waals surface area contributed by atoms with Gasteiger partial charge in [0.2, 0.25) is 5.91 Å². The first-order valence-electron chi connectivity index (χ1n) is 10.4. The molecule has 28 heavy (non-hydrogen) atoms. The van der Waals surface area contributed by atoms with Gasteiger partial charge in [0.05, 0.1) is 39.9 Å². The van der Waals surface area contributed by atoms with Crippen LogP contribution in [0.4, 0.5) is 0 Å². The quantitative estimate of drug-likeness (QED) is 0.188. The van der Waals surface area contributed by atoms with Crippen LogP contribution in [-0.4, -0.2) is 73.4 Å². The van der Waals surface area contributed by atoms with Crippen molar-refractivity contribution in [3.63, 3.8) is 0 Å². The van der Waals surface area contributed by atoms with E-state index in [0.717, 1.165) is 32.1 Å². The molecule has 0 saturated carbocycles. The number of phosphoric ester groups is 1. The molecule has 9 heteroatoms. The smallest absolute Gasteiger partial charge is 0.391 e. The summed E-state index contributed by atoms with van der Waals surface area (Å²) in [5, 5.41) is 13.2. The Morgan fingerprint density at radius 1 is 1.07 bits per heavy atom. The van der Waals surface area contributed by atoms with Crippen molar-refractivity contribution in [1.82, 2.24) is 5.32 Å². The number of hydrogen-bond acceptors (Lipinski definition) is 5. The number of hydrogen-bond donors (Lipinski definition) is 3. The van der Waals surface area contributed by atoms with Crippen LogP contribution in [0.25, 0.3) is 0 Å². The van der Waals surface area contributed by atoms with E-state index in [0.29, 0.717) is 30.3 Å². The fourth-order valence-electron chi connectivity index (χ4n) is 2.55. The molecule has 0 bridgehead atoms. The van der Waals surface area contributed by atoms with Crippen molar-refractivity contribution in [2.45, 2.75) is 77.4 Å². The van der Waals surface area contributed by atoms with Crippen LogP contribution in [0.15, 0.2) is 0 Å². The first-order valence-corrected chi connectivity index (χ1v) is 11.9. The minimum Gasteiger partial charge on any atom is -0.391 e. The van der Waals surface area contributed by atoms with Crippen LogP contribution in [-0.2, 0) is 18.4 Å². The molecule has 0 fully saturated rings. The monoisotopic (exact) mass is 425 g/mol. The van der Waals surface area contributed by atoms with Gasteiger partial charge in [-0.15, -0.1) is 0 Å². The molecular formula is C19H42N2O6P+. The summed E-state index contributed by atoms with van der Waals surface area (Å²) in [5.41, 5.74) is 0. The minimum atomic E-state index is -4.24. The molecule has 8 nitrogen and oxygen atoms in total. The minimum absolute atomic E-state index is 0.0735. The summed E-state index contributed by atoms with van der Waals surface area (Å²) in [7, 11) is 1.60. The predicted molar refractivity (Wildman–Crippen MR) is 111 cm³/mol. The first kappa shape index (κ1) is 27.5. The maximum absolute atomic E-state index is 12.1. The van der Waals surface area contributed by atoms with E-state index in [4.69, 9.17) is 9.05 Å². The van der Waals surface area contributed by atoms with Crippen molar-refractivity contribution in [2.75, 3.05) is 40.9 Å². The number of phosphoric acid groups is 1. The maximum Gasteiger partial charge on any atom is 0.472 e. The topological polar surface area (TPSA) is 105 Å². The van der Waals surface area contributed by atoms with E-state index in [1.165, 1.54) is 0 Å². The molecule has 3 N–H and O–H groups in total. The van der Waals surface area contributed by atoms with Crippen molar-refractivity contribution < 1.29 is 32.9 Å². The van der Waals surface area contributed by atoms with Crippen LogP contribution in [0, 0.1) is 0 Å². The highest BCUT2D eigenvalue weighted by Crippen LogP contribution is 2.43. The largest absolute Gasteiger partial charge is 0.472 e. The molecule has 0 radical (unpaired) electrons. The molecule has 0 heterocycles. The lowest BCUT2D eigenvalue weighted by Crippen LogP contribution is -2.46. The number of unbranched alkanes of at least 4 members (excludes halogenated alkanes) is 4. The van der Waals surface area contributed by atoms with E-state index in [1.807, 2.05) is 28.1 Å². The third-order valence-corrected chi connectivity index (χ3v) is 5.31. The van der Waals surface area contributed by atoms with Gasteiger partial charge in [0.25, 0.3) is 0 Å². The number of quaternary nitrogens is 1.